The number of fused-ring (bicyclic) bond motifs is 1. The zero-order valence-corrected chi connectivity index (χ0v) is 18.1. The lowest BCUT2D eigenvalue weighted by Gasteiger charge is -2.32. The van der Waals surface area contributed by atoms with Crippen LogP contribution < -0.4 is 15.5 Å². The van der Waals surface area contributed by atoms with Crippen LogP contribution in [0.4, 0.5) is 21.9 Å². The topological polar surface area (TPSA) is 74.6 Å². The largest absolute Gasteiger partial charge is 0.467 e. The van der Waals surface area contributed by atoms with Crippen molar-refractivity contribution in [2.45, 2.75) is 39.2 Å². The van der Waals surface area contributed by atoms with Gasteiger partial charge in [-0.1, -0.05) is 24.3 Å². The number of benzene rings is 2. The van der Waals surface area contributed by atoms with Gasteiger partial charge in [-0.2, -0.15) is 0 Å². The number of hydrogen-bond donors (Lipinski definition) is 2. The molecule has 2 N–H and O–H groups in total. The third-order valence-electron chi connectivity index (χ3n) is 6.31. The molecule has 0 unspecified atom stereocenters. The number of nitrogens with zero attached hydrogens (tertiary/aromatic N) is 1. The fourth-order valence-corrected chi connectivity index (χ4v) is 4.54. The van der Waals surface area contributed by atoms with Gasteiger partial charge in [-0.05, 0) is 68.1 Å². The maximum absolute atomic E-state index is 13.8. The van der Waals surface area contributed by atoms with E-state index < -0.39 is 6.04 Å². The number of rotatable bonds is 2. The molecule has 5 rings (SSSR count). The molecule has 0 saturated carbocycles. The second-order valence-corrected chi connectivity index (χ2v) is 8.28. The molecule has 6 nitrogen and oxygen atoms in total. The molecule has 0 radical (unpaired) electrons. The third-order valence-corrected chi connectivity index (χ3v) is 6.31. The molecule has 1 aliphatic carbocycles. The zero-order valence-electron chi connectivity index (χ0n) is 18.1. The van der Waals surface area contributed by atoms with Gasteiger partial charge in [-0.25, -0.2) is 4.79 Å². The second-order valence-electron chi connectivity index (χ2n) is 8.28. The Morgan fingerprint density at radius 3 is 2.72 bits per heavy atom. The van der Waals surface area contributed by atoms with Gasteiger partial charge in [0.2, 0.25) is 0 Å². The van der Waals surface area contributed by atoms with E-state index in [0.717, 1.165) is 41.0 Å². The van der Waals surface area contributed by atoms with Crippen LogP contribution in [-0.4, -0.2) is 11.8 Å². The average molecular weight is 428 g/mol. The van der Waals surface area contributed by atoms with Crippen LogP contribution in [0, 0.1) is 13.8 Å². The number of hydrogen-bond acceptors (Lipinski definition) is 4. The summed E-state index contributed by atoms with van der Waals surface area (Å²) in [5.74, 6) is 0.597. The molecule has 162 valence electrons. The Morgan fingerprint density at radius 1 is 1.06 bits per heavy atom. The van der Waals surface area contributed by atoms with Crippen LogP contribution in [0.5, 0.6) is 0 Å². The number of para-hydroxylation sites is 2. The minimum atomic E-state index is -0.658. The number of anilines is 3. The minimum Gasteiger partial charge on any atom is -0.467 e. The lowest BCUT2D eigenvalue weighted by Crippen LogP contribution is -2.40. The number of amides is 2. The smallest absolute Gasteiger partial charge is 0.327 e. The first-order valence-electron chi connectivity index (χ1n) is 10.9. The number of carbonyl (C=O) groups is 2. The maximum atomic E-state index is 13.8. The van der Waals surface area contributed by atoms with E-state index in [1.54, 1.807) is 17.2 Å². The van der Waals surface area contributed by atoms with E-state index in [-0.39, 0.29) is 11.8 Å². The summed E-state index contributed by atoms with van der Waals surface area (Å²) in [6, 6.07) is 16.1. The maximum Gasteiger partial charge on any atom is 0.327 e. The fraction of sp³-hybridized carbons (Fsp3) is 0.231. The zero-order chi connectivity index (χ0) is 22.2. The van der Waals surface area contributed by atoms with Crippen molar-refractivity contribution >= 4 is 28.9 Å². The van der Waals surface area contributed by atoms with Gasteiger partial charge in [0.25, 0.3) is 0 Å². The molecule has 2 aromatic carbocycles. The first-order valence-corrected chi connectivity index (χ1v) is 10.9. The van der Waals surface area contributed by atoms with Gasteiger partial charge in [0.05, 0.1) is 17.6 Å². The molecule has 0 fully saturated rings. The van der Waals surface area contributed by atoms with Crippen LogP contribution in [-0.2, 0) is 4.79 Å². The molecule has 2 heterocycles. The van der Waals surface area contributed by atoms with Gasteiger partial charge in [0, 0.05) is 23.4 Å². The highest BCUT2D eigenvalue weighted by Gasteiger charge is 2.41. The first kappa shape index (κ1) is 20.1. The van der Waals surface area contributed by atoms with Crippen LogP contribution >= 0.6 is 0 Å². The second kappa shape index (κ2) is 8.04. The quantitative estimate of drug-likeness (QED) is 0.517. The lowest BCUT2D eigenvalue weighted by atomic mass is 9.88. The van der Waals surface area contributed by atoms with E-state index in [4.69, 9.17) is 4.42 Å². The molecule has 32 heavy (non-hydrogen) atoms. The molecule has 1 atom stereocenters. The highest BCUT2D eigenvalue weighted by Crippen LogP contribution is 2.45. The van der Waals surface area contributed by atoms with Crippen molar-refractivity contribution in [2.75, 3.05) is 15.5 Å². The van der Waals surface area contributed by atoms with E-state index >= 15 is 0 Å². The Balaban J connectivity index is 1.68. The molecule has 1 aliphatic heterocycles. The molecule has 0 saturated heterocycles. The Kier molecular flexibility index (Phi) is 5.05. The van der Waals surface area contributed by atoms with Crippen molar-refractivity contribution in [3.05, 3.63) is 89.0 Å². The van der Waals surface area contributed by atoms with E-state index in [1.165, 1.54) is 0 Å². The lowest BCUT2D eigenvalue weighted by molar-refractivity contribution is -0.116. The molecule has 2 amide bonds. The summed E-state index contributed by atoms with van der Waals surface area (Å²) in [4.78, 5) is 28.7. The normalized spacial score (nSPS) is 17.9. The molecular weight excluding hydrogens is 402 g/mol. The van der Waals surface area contributed by atoms with Crippen LogP contribution in [0.15, 0.2) is 76.5 Å². The van der Waals surface area contributed by atoms with Crippen LogP contribution in [0.25, 0.3) is 0 Å². The van der Waals surface area contributed by atoms with Crippen LogP contribution in [0.2, 0.25) is 0 Å². The van der Waals surface area contributed by atoms with Crippen molar-refractivity contribution in [3.63, 3.8) is 0 Å². The first-order chi connectivity index (χ1) is 15.5. The van der Waals surface area contributed by atoms with E-state index in [2.05, 4.69) is 10.6 Å². The highest BCUT2D eigenvalue weighted by molar-refractivity contribution is 6.09. The number of allylic oxidation sites excluding steroid dienone is 1. The predicted octanol–water partition coefficient (Wildman–Crippen LogP) is 6.11. The third kappa shape index (κ3) is 3.38. The predicted molar refractivity (Wildman–Crippen MR) is 125 cm³/mol. The molecule has 6 heteroatoms. The Bertz CT molecular complexity index is 1230. The average Bonchev–Trinajstić information content (AvgIpc) is 3.26. The highest BCUT2D eigenvalue weighted by atomic mass is 16.3. The van der Waals surface area contributed by atoms with Crippen molar-refractivity contribution in [1.29, 1.82) is 0 Å². The number of aryl methyl sites for hydroxylation is 1. The van der Waals surface area contributed by atoms with Crippen molar-refractivity contribution in [2.24, 2.45) is 0 Å². The number of ketones is 1. The van der Waals surface area contributed by atoms with Gasteiger partial charge in [-0.15, -0.1) is 0 Å². The van der Waals surface area contributed by atoms with E-state index in [1.807, 2.05) is 62.4 Å². The van der Waals surface area contributed by atoms with Gasteiger partial charge >= 0.3 is 6.03 Å². The van der Waals surface area contributed by atoms with Crippen molar-refractivity contribution in [3.8, 4) is 0 Å². The summed E-state index contributed by atoms with van der Waals surface area (Å²) in [7, 11) is 0. The summed E-state index contributed by atoms with van der Waals surface area (Å²) in [5.41, 5.74) is 5.78. The van der Waals surface area contributed by atoms with Gasteiger partial charge in [0.1, 0.15) is 11.8 Å². The molecule has 0 spiro atoms. The van der Waals surface area contributed by atoms with Gasteiger partial charge < -0.3 is 15.1 Å². The molecular formula is C26H25N3O3. The summed E-state index contributed by atoms with van der Waals surface area (Å²) >= 11 is 0. The number of nitrogens with one attached hydrogen (secondary N) is 2. The van der Waals surface area contributed by atoms with Crippen molar-refractivity contribution < 1.29 is 14.0 Å². The summed E-state index contributed by atoms with van der Waals surface area (Å²) in [6.45, 7) is 4.00. The molecule has 3 aromatic rings. The summed E-state index contributed by atoms with van der Waals surface area (Å²) < 4.78 is 5.78. The standard InChI is InChI=1S/C26H25N3O3/c1-16-8-5-10-18(17(16)2)28-26(31)29-21-12-4-3-9-19(21)27-20-11-6-13-22(30)24(20)25(29)23-14-7-15-32-23/h3-5,7-10,12,14-15,25,27H,6,11,13H2,1-2H3,(H,28,31)/t25-/m0/s1. The Morgan fingerprint density at radius 2 is 1.91 bits per heavy atom. The molecule has 2 aliphatic rings. The number of Topliss-reactive ketones (excluding diaryl/α,β-unsaturated/α-hetero) is 1. The SMILES string of the molecule is Cc1cccc(NC(=O)N2c3ccccc3NC3=C(C(=O)CCC3)[C@@H]2c2ccco2)c1C. The van der Waals surface area contributed by atoms with E-state index in [0.29, 0.717) is 23.4 Å². The molecule has 0 bridgehead atoms. The fourth-order valence-electron chi connectivity index (χ4n) is 4.54. The van der Waals surface area contributed by atoms with Crippen LogP contribution in [0.1, 0.15) is 42.2 Å². The number of carbonyl (C=O) groups excluding carboxylic acids is 2. The van der Waals surface area contributed by atoms with Crippen molar-refractivity contribution in [1.82, 2.24) is 0 Å². The van der Waals surface area contributed by atoms with Gasteiger partial charge in [-0.3, -0.25) is 9.69 Å². The van der Waals surface area contributed by atoms with Crippen LogP contribution in [0.3, 0.4) is 0 Å². The minimum absolute atomic E-state index is 0.0393. The summed E-state index contributed by atoms with van der Waals surface area (Å²) in [5, 5.41) is 6.52. The Hall–Kier alpha value is -3.80. The number of urea groups is 1. The number of furan rings is 1. The van der Waals surface area contributed by atoms with Gasteiger partial charge in [0.15, 0.2) is 5.78 Å². The summed E-state index contributed by atoms with van der Waals surface area (Å²) in [6.07, 6.45) is 3.57. The Labute approximate surface area is 186 Å². The van der Waals surface area contributed by atoms with E-state index in [9.17, 15) is 9.59 Å². The monoisotopic (exact) mass is 427 g/mol. The molecule has 1 aromatic heterocycles.